The lowest BCUT2D eigenvalue weighted by atomic mass is 10.1. The van der Waals surface area contributed by atoms with E-state index in [1.165, 1.54) is 0 Å². The average Bonchev–Trinajstić information content (AvgIpc) is 2.57. The van der Waals surface area contributed by atoms with Gasteiger partial charge in [-0.25, -0.2) is 0 Å². The summed E-state index contributed by atoms with van der Waals surface area (Å²) in [5.74, 6) is 0.858. The van der Waals surface area contributed by atoms with Crippen molar-refractivity contribution in [3.05, 3.63) is 44.7 Å². The normalized spacial score (nSPS) is 10.5. The molecular weight excluding hydrogens is 310 g/mol. The Labute approximate surface area is 101 Å². The predicted octanol–water partition coefficient (Wildman–Crippen LogP) is 4.51. The highest BCUT2D eigenvalue weighted by atomic mass is 127. The van der Waals surface area contributed by atoms with Crippen LogP contribution in [0.3, 0.4) is 0 Å². The standard InChI is InChI=1S/C11H8ClIO/c1-7-2-3-8(6-9(7)12)10-4-5-11(13)14-10/h2-6H,1H3. The Bertz CT molecular complexity index is 462. The van der Waals surface area contributed by atoms with Crippen molar-refractivity contribution >= 4 is 34.2 Å². The van der Waals surface area contributed by atoms with Gasteiger partial charge in [0.15, 0.2) is 3.77 Å². The number of hydrogen-bond donors (Lipinski definition) is 0. The first-order valence-corrected chi connectivity index (χ1v) is 5.64. The Hall–Kier alpha value is -0.480. The molecule has 0 aliphatic heterocycles. The van der Waals surface area contributed by atoms with Crippen molar-refractivity contribution < 1.29 is 4.42 Å². The van der Waals surface area contributed by atoms with Crippen LogP contribution in [0, 0.1) is 10.7 Å². The highest BCUT2D eigenvalue weighted by Gasteiger charge is 2.04. The van der Waals surface area contributed by atoms with Gasteiger partial charge in [-0.2, -0.15) is 0 Å². The van der Waals surface area contributed by atoms with Gasteiger partial charge in [0.05, 0.1) is 0 Å². The molecule has 0 fully saturated rings. The molecule has 3 heteroatoms. The lowest BCUT2D eigenvalue weighted by Gasteiger charge is -2.00. The van der Waals surface area contributed by atoms with Crippen LogP contribution in [0.25, 0.3) is 11.3 Å². The molecule has 0 unspecified atom stereocenters. The van der Waals surface area contributed by atoms with Crippen LogP contribution in [-0.2, 0) is 0 Å². The van der Waals surface area contributed by atoms with Crippen molar-refractivity contribution in [2.24, 2.45) is 0 Å². The Balaban J connectivity index is 2.47. The van der Waals surface area contributed by atoms with E-state index in [0.29, 0.717) is 0 Å². The predicted molar refractivity (Wildman–Crippen MR) is 66.6 cm³/mol. The highest BCUT2D eigenvalue weighted by Crippen LogP contribution is 2.27. The topological polar surface area (TPSA) is 13.1 Å². The zero-order valence-corrected chi connectivity index (χ0v) is 10.5. The summed E-state index contributed by atoms with van der Waals surface area (Å²) in [5, 5.41) is 0.772. The zero-order chi connectivity index (χ0) is 10.1. The second-order valence-electron chi connectivity index (χ2n) is 3.07. The zero-order valence-electron chi connectivity index (χ0n) is 7.55. The molecule has 0 saturated heterocycles. The summed E-state index contributed by atoms with van der Waals surface area (Å²) >= 11 is 8.17. The van der Waals surface area contributed by atoms with Crippen LogP contribution >= 0.6 is 34.2 Å². The summed E-state index contributed by atoms with van der Waals surface area (Å²) in [4.78, 5) is 0. The monoisotopic (exact) mass is 318 g/mol. The van der Waals surface area contributed by atoms with Crippen molar-refractivity contribution in [3.63, 3.8) is 0 Å². The number of furan rings is 1. The molecule has 1 aromatic carbocycles. The minimum absolute atomic E-state index is 0.772. The second-order valence-corrected chi connectivity index (χ2v) is 4.54. The minimum Gasteiger partial charge on any atom is -0.450 e. The second kappa shape index (κ2) is 3.95. The molecule has 0 atom stereocenters. The fraction of sp³-hybridized carbons (Fsp3) is 0.0909. The SMILES string of the molecule is Cc1ccc(-c2ccc(I)o2)cc1Cl. The van der Waals surface area contributed by atoms with Crippen molar-refractivity contribution in [2.75, 3.05) is 0 Å². The van der Waals surface area contributed by atoms with E-state index < -0.39 is 0 Å². The van der Waals surface area contributed by atoms with E-state index in [-0.39, 0.29) is 0 Å². The first-order valence-electron chi connectivity index (χ1n) is 4.18. The maximum atomic E-state index is 6.03. The third-order valence-electron chi connectivity index (χ3n) is 2.03. The molecule has 0 N–H and O–H groups in total. The van der Waals surface area contributed by atoms with E-state index in [1.807, 2.05) is 37.3 Å². The summed E-state index contributed by atoms with van der Waals surface area (Å²) in [6.45, 7) is 1.98. The Kier molecular flexibility index (Phi) is 2.83. The van der Waals surface area contributed by atoms with Gasteiger partial charge < -0.3 is 4.42 Å². The van der Waals surface area contributed by atoms with Gasteiger partial charge >= 0.3 is 0 Å². The average molecular weight is 319 g/mol. The lowest BCUT2D eigenvalue weighted by Crippen LogP contribution is -1.77. The molecule has 0 amide bonds. The molecule has 0 bridgehead atoms. The summed E-state index contributed by atoms with van der Waals surface area (Å²) in [6.07, 6.45) is 0. The summed E-state index contributed by atoms with van der Waals surface area (Å²) < 4.78 is 6.38. The Morgan fingerprint density at radius 2 is 2.00 bits per heavy atom. The van der Waals surface area contributed by atoms with E-state index in [2.05, 4.69) is 22.6 Å². The summed E-state index contributed by atoms with van der Waals surface area (Å²) in [6, 6.07) is 9.81. The molecule has 1 heterocycles. The maximum Gasteiger partial charge on any atom is 0.164 e. The van der Waals surface area contributed by atoms with Crippen LogP contribution in [0.1, 0.15) is 5.56 Å². The van der Waals surface area contributed by atoms with Crippen molar-refractivity contribution in [3.8, 4) is 11.3 Å². The van der Waals surface area contributed by atoms with Gasteiger partial charge in [-0.1, -0.05) is 23.7 Å². The van der Waals surface area contributed by atoms with Gasteiger partial charge in [-0.05, 0) is 53.3 Å². The maximum absolute atomic E-state index is 6.03. The number of halogens is 2. The number of hydrogen-bond acceptors (Lipinski definition) is 1. The van der Waals surface area contributed by atoms with Gasteiger partial charge in [0, 0.05) is 10.6 Å². The molecule has 2 aromatic rings. The van der Waals surface area contributed by atoms with Crippen molar-refractivity contribution in [1.82, 2.24) is 0 Å². The summed E-state index contributed by atoms with van der Waals surface area (Å²) in [5.41, 5.74) is 2.10. The third kappa shape index (κ3) is 1.96. The lowest BCUT2D eigenvalue weighted by molar-refractivity contribution is 0.552. The van der Waals surface area contributed by atoms with Gasteiger partial charge in [0.2, 0.25) is 0 Å². The van der Waals surface area contributed by atoms with E-state index in [0.717, 1.165) is 25.7 Å². The van der Waals surface area contributed by atoms with E-state index >= 15 is 0 Å². The van der Waals surface area contributed by atoms with Gasteiger partial charge in [0.1, 0.15) is 5.76 Å². The molecule has 0 saturated carbocycles. The van der Waals surface area contributed by atoms with Gasteiger partial charge in [-0.15, -0.1) is 0 Å². The molecule has 72 valence electrons. The van der Waals surface area contributed by atoms with Crippen LogP contribution in [0.5, 0.6) is 0 Å². The van der Waals surface area contributed by atoms with Crippen LogP contribution in [0.2, 0.25) is 5.02 Å². The van der Waals surface area contributed by atoms with Gasteiger partial charge in [0.25, 0.3) is 0 Å². The Morgan fingerprint density at radius 1 is 1.21 bits per heavy atom. The number of benzene rings is 1. The molecule has 0 aliphatic carbocycles. The summed E-state index contributed by atoms with van der Waals surface area (Å²) in [7, 11) is 0. The van der Waals surface area contributed by atoms with E-state index in [4.69, 9.17) is 16.0 Å². The quantitative estimate of drug-likeness (QED) is 0.705. The molecule has 1 nitrogen and oxygen atoms in total. The van der Waals surface area contributed by atoms with Crippen LogP contribution < -0.4 is 0 Å². The Morgan fingerprint density at radius 3 is 2.57 bits per heavy atom. The third-order valence-corrected chi connectivity index (χ3v) is 3.02. The highest BCUT2D eigenvalue weighted by molar-refractivity contribution is 14.1. The first kappa shape index (κ1) is 10.1. The number of aryl methyl sites for hydroxylation is 1. The molecule has 1 aromatic heterocycles. The van der Waals surface area contributed by atoms with Crippen molar-refractivity contribution in [1.29, 1.82) is 0 Å². The first-order chi connectivity index (χ1) is 6.66. The van der Waals surface area contributed by atoms with Crippen LogP contribution in [-0.4, -0.2) is 0 Å². The number of rotatable bonds is 1. The fourth-order valence-electron chi connectivity index (χ4n) is 1.22. The molecule has 2 rings (SSSR count). The molecule has 0 radical (unpaired) electrons. The molecule has 0 spiro atoms. The minimum atomic E-state index is 0.772. The largest absolute Gasteiger partial charge is 0.450 e. The van der Waals surface area contributed by atoms with Crippen LogP contribution in [0.4, 0.5) is 0 Å². The molecule has 0 aliphatic rings. The van der Waals surface area contributed by atoms with E-state index in [1.54, 1.807) is 0 Å². The molecular formula is C11H8ClIO. The van der Waals surface area contributed by atoms with Crippen LogP contribution in [0.15, 0.2) is 34.7 Å². The van der Waals surface area contributed by atoms with Gasteiger partial charge in [-0.3, -0.25) is 0 Å². The fourth-order valence-corrected chi connectivity index (χ4v) is 1.81. The smallest absolute Gasteiger partial charge is 0.164 e. The van der Waals surface area contributed by atoms with E-state index in [9.17, 15) is 0 Å². The van der Waals surface area contributed by atoms with Crippen molar-refractivity contribution in [2.45, 2.75) is 6.92 Å². The molecule has 14 heavy (non-hydrogen) atoms.